The molecule has 2 fully saturated rings. The monoisotopic (exact) mass is 542 g/mol. The van der Waals surface area contributed by atoms with Crippen LogP contribution in [0.15, 0.2) is 22.7 Å². The summed E-state index contributed by atoms with van der Waals surface area (Å²) in [6.45, 7) is 10.2. The first-order valence-electron chi connectivity index (χ1n) is 12.8. The van der Waals surface area contributed by atoms with Gasteiger partial charge in [0.25, 0.3) is 0 Å². The van der Waals surface area contributed by atoms with E-state index in [1.165, 1.54) is 55.2 Å². The summed E-state index contributed by atoms with van der Waals surface area (Å²) in [5.41, 5.74) is 1.36. The van der Waals surface area contributed by atoms with Crippen LogP contribution in [-0.4, -0.2) is 62.2 Å². The number of hydrogen-bond acceptors (Lipinski definition) is 4. The van der Waals surface area contributed by atoms with E-state index in [9.17, 15) is 8.42 Å². The van der Waals surface area contributed by atoms with Crippen LogP contribution in [-0.2, 0) is 16.4 Å². The summed E-state index contributed by atoms with van der Waals surface area (Å²) < 4.78 is 32.8. The summed E-state index contributed by atoms with van der Waals surface area (Å²) in [5.74, 6) is 2.45. The second-order valence-electron chi connectivity index (χ2n) is 10.3. The van der Waals surface area contributed by atoms with Crippen LogP contribution in [0.5, 0.6) is 5.75 Å². The van der Waals surface area contributed by atoms with Crippen molar-refractivity contribution in [3.05, 3.63) is 28.2 Å². The molecular weight excluding hydrogens is 500 g/mol. The quantitative estimate of drug-likeness (QED) is 0.379. The molecule has 7 heteroatoms. The van der Waals surface area contributed by atoms with Gasteiger partial charge in [0.05, 0.1) is 12.4 Å². The highest BCUT2D eigenvalue weighted by Crippen LogP contribution is 2.32. The molecule has 5 nitrogen and oxygen atoms in total. The molecule has 1 aliphatic heterocycles. The number of benzene rings is 1. The minimum absolute atomic E-state index is 0.197. The number of piperidine rings is 1. The Morgan fingerprint density at radius 1 is 1.09 bits per heavy atom. The maximum atomic E-state index is 12.0. The van der Waals surface area contributed by atoms with Crippen molar-refractivity contribution in [2.75, 3.05) is 32.4 Å². The summed E-state index contributed by atoms with van der Waals surface area (Å²) in [5, 5.41) is 0. The molecule has 1 saturated heterocycles. The number of hydrogen-bond donors (Lipinski definition) is 0. The first-order chi connectivity index (χ1) is 15.7. The van der Waals surface area contributed by atoms with E-state index in [4.69, 9.17) is 4.74 Å². The van der Waals surface area contributed by atoms with Crippen LogP contribution in [0.25, 0.3) is 0 Å². The molecule has 1 saturated carbocycles. The molecule has 0 bridgehead atoms. The highest BCUT2D eigenvalue weighted by Gasteiger charge is 2.30. The molecule has 0 unspecified atom stereocenters. The number of rotatable bonds is 10. The summed E-state index contributed by atoms with van der Waals surface area (Å²) in [6.07, 6.45) is 10.8. The maximum absolute atomic E-state index is 12.0. The third-order valence-electron chi connectivity index (χ3n) is 7.42. The Kier molecular flexibility index (Phi) is 10.1. The molecule has 0 radical (unpaired) electrons. The smallest absolute Gasteiger partial charge is 0.211 e. The van der Waals surface area contributed by atoms with Gasteiger partial charge in [-0.2, -0.15) is 4.31 Å². The molecule has 1 aromatic rings. The Bertz CT molecular complexity index is 845. The second-order valence-corrected chi connectivity index (χ2v) is 13.1. The normalized spacial score (nSPS) is 23.4. The van der Waals surface area contributed by atoms with Gasteiger partial charge in [-0.3, -0.25) is 0 Å². The number of sulfonamides is 1. The lowest BCUT2D eigenvalue weighted by Gasteiger charge is -2.36. The van der Waals surface area contributed by atoms with Crippen molar-refractivity contribution in [3.63, 3.8) is 0 Å². The van der Waals surface area contributed by atoms with Crippen LogP contribution in [0.2, 0.25) is 0 Å². The minimum atomic E-state index is -3.08. The third-order valence-corrected chi connectivity index (χ3v) is 9.60. The molecule has 1 aliphatic carbocycles. The van der Waals surface area contributed by atoms with Crippen LogP contribution < -0.4 is 4.74 Å². The predicted molar refractivity (Wildman–Crippen MR) is 140 cm³/mol. The Morgan fingerprint density at radius 3 is 2.33 bits per heavy atom. The lowest BCUT2D eigenvalue weighted by Crippen LogP contribution is -2.42. The first kappa shape index (κ1) is 27.0. The molecule has 1 heterocycles. The van der Waals surface area contributed by atoms with E-state index in [0.29, 0.717) is 6.54 Å². The van der Waals surface area contributed by atoms with Gasteiger partial charge in [0.1, 0.15) is 5.75 Å². The van der Waals surface area contributed by atoms with Gasteiger partial charge in [0.2, 0.25) is 10.0 Å². The number of halogens is 1. The van der Waals surface area contributed by atoms with Gasteiger partial charge in [0.15, 0.2) is 0 Å². The predicted octanol–water partition coefficient (Wildman–Crippen LogP) is 5.72. The Labute approximate surface area is 210 Å². The standard InChI is InChI=1S/C26H43BrN2O3S/c1-5-29(33(4,30)31)24-8-6-21(7-9-24)12-15-28-16-13-22(14-17-28)18-23-19-25(32-20(2)3)10-11-26(23)27/h10-11,19-22,24H,5-9,12-18H2,1-4H3. The zero-order valence-electron chi connectivity index (χ0n) is 20.9. The van der Waals surface area contributed by atoms with Crippen LogP contribution >= 0.6 is 15.9 Å². The van der Waals surface area contributed by atoms with Gasteiger partial charge in [0, 0.05) is 17.1 Å². The SMILES string of the molecule is CCN(C1CCC(CCN2CCC(Cc3cc(OC(C)C)ccc3Br)CC2)CC1)S(C)(=O)=O. The Balaban J connectivity index is 1.39. The van der Waals surface area contributed by atoms with Crippen LogP contribution in [0.1, 0.15) is 71.3 Å². The van der Waals surface area contributed by atoms with Crippen LogP contribution in [0.3, 0.4) is 0 Å². The van der Waals surface area contributed by atoms with E-state index < -0.39 is 10.0 Å². The summed E-state index contributed by atoms with van der Waals surface area (Å²) in [7, 11) is -3.08. The average molecular weight is 544 g/mol. The van der Waals surface area contributed by atoms with Crippen molar-refractivity contribution in [2.24, 2.45) is 11.8 Å². The topological polar surface area (TPSA) is 49.9 Å². The lowest BCUT2D eigenvalue weighted by atomic mass is 9.83. The van der Waals surface area contributed by atoms with Crippen molar-refractivity contribution < 1.29 is 13.2 Å². The lowest BCUT2D eigenvalue weighted by molar-refractivity contribution is 0.156. The zero-order valence-corrected chi connectivity index (χ0v) is 23.3. The fourth-order valence-corrected chi connectivity index (χ4v) is 7.26. The molecule has 0 N–H and O–H groups in total. The van der Waals surface area contributed by atoms with Gasteiger partial charge in [-0.15, -0.1) is 0 Å². The van der Waals surface area contributed by atoms with Crippen molar-refractivity contribution in [1.82, 2.24) is 9.21 Å². The largest absolute Gasteiger partial charge is 0.491 e. The zero-order chi connectivity index (χ0) is 24.0. The van der Waals surface area contributed by atoms with Gasteiger partial charge >= 0.3 is 0 Å². The van der Waals surface area contributed by atoms with Gasteiger partial charge in [-0.05, 0) is 120 Å². The molecule has 0 amide bonds. The molecule has 0 aromatic heterocycles. The van der Waals surface area contributed by atoms with E-state index in [2.05, 4.69) is 46.8 Å². The van der Waals surface area contributed by atoms with Crippen LogP contribution in [0.4, 0.5) is 0 Å². The number of nitrogens with zero attached hydrogens (tertiary/aromatic N) is 2. The van der Waals surface area contributed by atoms with Crippen molar-refractivity contribution >= 4 is 26.0 Å². The number of ether oxygens (including phenoxy) is 1. The average Bonchev–Trinajstić information content (AvgIpc) is 2.76. The fraction of sp³-hybridized carbons (Fsp3) is 0.769. The van der Waals surface area contributed by atoms with Crippen molar-refractivity contribution in [1.29, 1.82) is 0 Å². The molecule has 188 valence electrons. The van der Waals surface area contributed by atoms with E-state index in [1.54, 1.807) is 4.31 Å². The highest BCUT2D eigenvalue weighted by molar-refractivity contribution is 9.10. The second kappa shape index (κ2) is 12.4. The molecule has 1 aromatic carbocycles. The number of likely N-dealkylation sites (tertiary alicyclic amines) is 1. The first-order valence-corrected chi connectivity index (χ1v) is 15.4. The van der Waals surface area contributed by atoms with Gasteiger partial charge in [-0.1, -0.05) is 22.9 Å². The minimum Gasteiger partial charge on any atom is -0.491 e. The Morgan fingerprint density at radius 2 is 1.76 bits per heavy atom. The Hall–Kier alpha value is -0.630. The van der Waals surface area contributed by atoms with Gasteiger partial charge in [-0.25, -0.2) is 8.42 Å². The summed E-state index contributed by atoms with van der Waals surface area (Å²) in [6, 6.07) is 6.58. The van der Waals surface area contributed by atoms with E-state index in [1.807, 2.05) is 13.0 Å². The van der Waals surface area contributed by atoms with Crippen LogP contribution in [0, 0.1) is 11.8 Å². The van der Waals surface area contributed by atoms with Crippen molar-refractivity contribution in [3.8, 4) is 5.75 Å². The highest BCUT2D eigenvalue weighted by atomic mass is 79.9. The van der Waals surface area contributed by atoms with E-state index >= 15 is 0 Å². The molecule has 33 heavy (non-hydrogen) atoms. The van der Waals surface area contributed by atoms with E-state index in [-0.39, 0.29) is 12.1 Å². The summed E-state index contributed by atoms with van der Waals surface area (Å²) >= 11 is 3.73. The van der Waals surface area contributed by atoms with Gasteiger partial charge < -0.3 is 9.64 Å². The van der Waals surface area contributed by atoms with E-state index in [0.717, 1.165) is 49.7 Å². The molecular formula is C26H43BrN2O3S. The van der Waals surface area contributed by atoms with Crippen molar-refractivity contribution in [2.45, 2.75) is 84.3 Å². The molecule has 0 spiro atoms. The molecule has 0 atom stereocenters. The molecule has 3 rings (SSSR count). The third kappa shape index (κ3) is 8.22. The summed E-state index contributed by atoms with van der Waals surface area (Å²) in [4.78, 5) is 2.64. The maximum Gasteiger partial charge on any atom is 0.211 e. The molecule has 2 aliphatic rings. The fourth-order valence-electron chi connectivity index (χ4n) is 5.63.